The van der Waals surface area contributed by atoms with E-state index in [2.05, 4.69) is 5.32 Å². The molecule has 0 aromatic heterocycles. The molecular weight excluding hydrogens is 397 g/mol. The van der Waals surface area contributed by atoms with Crippen LogP contribution in [-0.2, 0) is 25.6 Å². The zero-order valence-corrected chi connectivity index (χ0v) is 15.8. The maximum Gasteiger partial charge on any atom is 0.323 e. The number of nitrogens with zero attached hydrogens (tertiary/aromatic N) is 1. The first-order valence-corrected chi connectivity index (χ1v) is 9.00. The SMILES string of the molecule is NCC1C(C(=O)NCCCc2ccc(Cl)c(Cl)c2)C(=O)C(=O)N1CC(=O)O. The second kappa shape index (κ2) is 9.16. The van der Waals surface area contributed by atoms with Gasteiger partial charge in [-0.1, -0.05) is 29.3 Å². The predicted octanol–water partition coefficient (Wildman–Crippen LogP) is 0.482. The summed E-state index contributed by atoms with van der Waals surface area (Å²) in [5.74, 6) is -5.15. The van der Waals surface area contributed by atoms with Crippen LogP contribution in [-0.4, -0.2) is 59.2 Å². The Hall–Kier alpha value is -2.16. The number of benzene rings is 1. The van der Waals surface area contributed by atoms with E-state index in [1.807, 2.05) is 6.07 Å². The molecule has 0 radical (unpaired) electrons. The van der Waals surface area contributed by atoms with Crippen molar-refractivity contribution >= 4 is 46.8 Å². The lowest BCUT2D eigenvalue weighted by atomic mass is 9.98. The monoisotopic (exact) mass is 415 g/mol. The minimum atomic E-state index is -1.30. The van der Waals surface area contributed by atoms with E-state index in [0.717, 1.165) is 10.5 Å². The smallest absolute Gasteiger partial charge is 0.323 e. The van der Waals surface area contributed by atoms with Crippen molar-refractivity contribution in [1.29, 1.82) is 0 Å². The lowest BCUT2D eigenvalue weighted by Crippen LogP contribution is -2.47. The van der Waals surface area contributed by atoms with E-state index >= 15 is 0 Å². The molecule has 1 aliphatic rings. The molecule has 1 aliphatic heterocycles. The van der Waals surface area contributed by atoms with Gasteiger partial charge in [0.05, 0.1) is 16.1 Å². The number of amides is 2. The minimum absolute atomic E-state index is 0.188. The number of Topliss-reactive ketones (excluding diaryl/α,β-unsaturated/α-hetero) is 1. The fraction of sp³-hybridized carbons (Fsp3) is 0.412. The molecule has 10 heteroatoms. The van der Waals surface area contributed by atoms with Crippen LogP contribution in [0.25, 0.3) is 0 Å². The number of aliphatic carboxylic acids is 1. The molecule has 1 aromatic rings. The van der Waals surface area contributed by atoms with E-state index in [0.29, 0.717) is 22.9 Å². The van der Waals surface area contributed by atoms with E-state index in [1.165, 1.54) is 0 Å². The Bertz CT molecular complexity index is 771. The third-order valence-corrected chi connectivity index (χ3v) is 5.03. The summed E-state index contributed by atoms with van der Waals surface area (Å²) >= 11 is 11.8. The average Bonchev–Trinajstić information content (AvgIpc) is 2.85. The highest BCUT2D eigenvalue weighted by Gasteiger charge is 2.50. The van der Waals surface area contributed by atoms with E-state index in [1.54, 1.807) is 12.1 Å². The molecule has 8 nitrogen and oxygen atoms in total. The van der Waals surface area contributed by atoms with Crippen LogP contribution in [0, 0.1) is 5.92 Å². The number of nitrogens with two attached hydrogens (primary N) is 1. The van der Waals surface area contributed by atoms with E-state index in [9.17, 15) is 19.2 Å². The molecule has 2 amide bonds. The number of carbonyl (C=O) groups excluding carboxylic acids is 3. The number of carboxylic acid groups (broad SMARTS) is 1. The lowest BCUT2D eigenvalue weighted by Gasteiger charge is -2.23. The van der Waals surface area contributed by atoms with Gasteiger partial charge in [0.1, 0.15) is 12.5 Å². The van der Waals surface area contributed by atoms with Gasteiger partial charge in [-0.05, 0) is 30.5 Å². The number of likely N-dealkylation sites (tertiary alicyclic amines) is 1. The van der Waals surface area contributed by atoms with Gasteiger partial charge in [0.25, 0.3) is 5.91 Å². The Morgan fingerprint density at radius 2 is 1.93 bits per heavy atom. The summed E-state index contributed by atoms with van der Waals surface area (Å²) in [5, 5.41) is 12.4. The van der Waals surface area contributed by atoms with Crippen molar-refractivity contribution in [3.05, 3.63) is 33.8 Å². The standard InChI is InChI=1S/C17H19Cl2N3O5/c18-10-4-3-9(6-11(10)19)2-1-5-21-16(26)14-12(7-20)22(8-13(23)24)17(27)15(14)25/h3-4,6,12,14H,1-2,5,7-8,20H2,(H,21,26)(H,23,24). The van der Waals surface area contributed by atoms with Crippen molar-refractivity contribution < 1.29 is 24.3 Å². The number of carboxylic acids is 1. The third-order valence-electron chi connectivity index (χ3n) is 4.29. The number of halogens is 2. The molecule has 2 atom stereocenters. The number of aryl methyl sites for hydroxylation is 1. The van der Waals surface area contributed by atoms with Gasteiger partial charge in [-0.2, -0.15) is 0 Å². The molecule has 1 fully saturated rings. The molecule has 0 aliphatic carbocycles. The molecule has 27 heavy (non-hydrogen) atoms. The van der Waals surface area contributed by atoms with E-state index in [-0.39, 0.29) is 13.1 Å². The van der Waals surface area contributed by atoms with Gasteiger partial charge < -0.3 is 21.1 Å². The van der Waals surface area contributed by atoms with Crippen molar-refractivity contribution in [3.63, 3.8) is 0 Å². The second-order valence-corrected chi connectivity index (χ2v) is 6.93. The van der Waals surface area contributed by atoms with Crippen molar-refractivity contribution in [2.45, 2.75) is 18.9 Å². The Morgan fingerprint density at radius 1 is 1.22 bits per heavy atom. The summed E-state index contributed by atoms with van der Waals surface area (Å²) < 4.78 is 0. The van der Waals surface area contributed by atoms with Crippen molar-refractivity contribution in [1.82, 2.24) is 10.2 Å². The van der Waals surface area contributed by atoms with Crippen LogP contribution in [0.3, 0.4) is 0 Å². The van der Waals surface area contributed by atoms with Gasteiger partial charge in [0.2, 0.25) is 11.7 Å². The van der Waals surface area contributed by atoms with Gasteiger partial charge in [-0.25, -0.2) is 0 Å². The molecular formula is C17H19Cl2N3O5. The highest BCUT2D eigenvalue weighted by Crippen LogP contribution is 2.24. The molecule has 1 aromatic carbocycles. The van der Waals surface area contributed by atoms with E-state index in [4.69, 9.17) is 34.0 Å². The molecule has 1 saturated heterocycles. The summed E-state index contributed by atoms with van der Waals surface area (Å²) in [6.07, 6.45) is 1.20. The molecule has 0 saturated carbocycles. The first-order chi connectivity index (χ1) is 12.8. The average molecular weight is 416 g/mol. The summed E-state index contributed by atoms with van der Waals surface area (Å²) in [6, 6.07) is 4.28. The number of nitrogens with one attached hydrogen (secondary N) is 1. The van der Waals surface area contributed by atoms with Gasteiger partial charge in [0.15, 0.2) is 0 Å². The van der Waals surface area contributed by atoms with Crippen LogP contribution in [0.15, 0.2) is 18.2 Å². The molecule has 2 unspecified atom stereocenters. The van der Waals surface area contributed by atoms with Gasteiger partial charge in [-0.15, -0.1) is 0 Å². The first-order valence-electron chi connectivity index (χ1n) is 8.24. The lowest BCUT2D eigenvalue weighted by molar-refractivity contribution is -0.146. The quantitative estimate of drug-likeness (QED) is 0.321. The predicted molar refractivity (Wildman–Crippen MR) is 98.5 cm³/mol. The number of carbonyl (C=O) groups is 4. The van der Waals surface area contributed by atoms with Crippen LogP contribution in [0.2, 0.25) is 10.0 Å². The summed E-state index contributed by atoms with van der Waals surface area (Å²) in [5.41, 5.74) is 6.51. The Morgan fingerprint density at radius 3 is 2.52 bits per heavy atom. The zero-order valence-electron chi connectivity index (χ0n) is 14.3. The summed E-state index contributed by atoms with van der Waals surface area (Å²) in [4.78, 5) is 48.1. The summed E-state index contributed by atoms with van der Waals surface area (Å²) in [7, 11) is 0. The van der Waals surface area contributed by atoms with Crippen LogP contribution in [0.5, 0.6) is 0 Å². The number of ketones is 1. The highest BCUT2D eigenvalue weighted by molar-refractivity contribution is 6.43. The largest absolute Gasteiger partial charge is 0.480 e. The second-order valence-electron chi connectivity index (χ2n) is 6.11. The van der Waals surface area contributed by atoms with Crippen LogP contribution in [0.1, 0.15) is 12.0 Å². The molecule has 1 heterocycles. The number of rotatable bonds is 8. The van der Waals surface area contributed by atoms with Crippen LogP contribution >= 0.6 is 23.2 Å². The minimum Gasteiger partial charge on any atom is -0.480 e. The first kappa shape index (κ1) is 21.1. The van der Waals surface area contributed by atoms with E-state index < -0.39 is 42.1 Å². The molecule has 0 spiro atoms. The maximum absolute atomic E-state index is 12.4. The van der Waals surface area contributed by atoms with Crippen molar-refractivity contribution in [2.24, 2.45) is 11.7 Å². The van der Waals surface area contributed by atoms with Crippen molar-refractivity contribution in [2.75, 3.05) is 19.6 Å². The fourth-order valence-corrected chi connectivity index (χ4v) is 3.30. The summed E-state index contributed by atoms with van der Waals surface area (Å²) in [6.45, 7) is -0.590. The van der Waals surface area contributed by atoms with Gasteiger partial charge >= 0.3 is 5.97 Å². The molecule has 146 valence electrons. The molecule has 2 rings (SSSR count). The Labute approximate surface area is 165 Å². The number of hydrogen-bond donors (Lipinski definition) is 3. The highest BCUT2D eigenvalue weighted by atomic mass is 35.5. The van der Waals surface area contributed by atoms with Gasteiger partial charge in [0, 0.05) is 13.1 Å². The Kier molecular flexibility index (Phi) is 7.18. The Balaban J connectivity index is 1.92. The zero-order chi connectivity index (χ0) is 20.1. The van der Waals surface area contributed by atoms with Crippen LogP contribution in [0.4, 0.5) is 0 Å². The van der Waals surface area contributed by atoms with Crippen LogP contribution < -0.4 is 11.1 Å². The van der Waals surface area contributed by atoms with Gasteiger partial charge in [-0.3, -0.25) is 19.2 Å². The molecule has 0 bridgehead atoms. The number of hydrogen-bond acceptors (Lipinski definition) is 5. The fourth-order valence-electron chi connectivity index (χ4n) is 2.98. The maximum atomic E-state index is 12.4. The third kappa shape index (κ3) is 4.97. The topological polar surface area (TPSA) is 130 Å². The normalized spacial score (nSPS) is 19.4. The molecule has 4 N–H and O–H groups in total. The van der Waals surface area contributed by atoms with Crippen molar-refractivity contribution in [3.8, 4) is 0 Å².